The van der Waals surface area contributed by atoms with Gasteiger partial charge in [0, 0.05) is 18.4 Å². The van der Waals surface area contributed by atoms with Gasteiger partial charge in [0.25, 0.3) is 0 Å². The summed E-state index contributed by atoms with van der Waals surface area (Å²) in [4.78, 5) is 0.304. The van der Waals surface area contributed by atoms with Gasteiger partial charge in [0.05, 0.1) is 16.3 Å². The molecule has 1 aromatic heterocycles. The van der Waals surface area contributed by atoms with Gasteiger partial charge in [-0.2, -0.15) is 5.10 Å². The van der Waals surface area contributed by atoms with E-state index in [0.717, 1.165) is 22.5 Å². The van der Waals surface area contributed by atoms with E-state index in [4.69, 9.17) is 5.73 Å². The van der Waals surface area contributed by atoms with E-state index < -0.39 is 9.84 Å². The highest BCUT2D eigenvalue weighted by molar-refractivity contribution is 7.90. The quantitative estimate of drug-likeness (QED) is 0.874. The second-order valence-corrected chi connectivity index (χ2v) is 6.19. The van der Waals surface area contributed by atoms with Crippen LogP contribution in [0.1, 0.15) is 11.3 Å². The number of nitrogens with two attached hydrogens (primary N) is 1. The van der Waals surface area contributed by atoms with Gasteiger partial charge in [-0.25, -0.2) is 8.42 Å². The van der Waals surface area contributed by atoms with Crippen LogP contribution in [0.25, 0.3) is 11.3 Å². The van der Waals surface area contributed by atoms with Crippen LogP contribution in [0.2, 0.25) is 0 Å². The summed E-state index contributed by atoms with van der Waals surface area (Å²) in [7, 11) is -3.16. The first-order chi connectivity index (χ1) is 8.43. The molecule has 0 spiro atoms. The fourth-order valence-electron chi connectivity index (χ4n) is 1.77. The average molecular weight is 265 g/mol. The number of sulfone groups is 1. The summed E-state index contributed by atoms with van der Waals surface area (Å²) in [6, 6.07) is 6.67. The lowest BCUT2D eigenvalue weighted by molar-refractivity contribution is 0.602. The number of rotatable bonds is 3. The summed E-state index contributed by atoms with van der Waals surface area (Å²) in [5.41, 5.74) is 9.12. The van der Waals surface area contributed by atoms with Crippen LogP contribution in [-0.4, -0.2) is 24.9 Å². The Morgan fingerprint density at radius 1 is 1.28 bits per heavy atom. The molecule has 96 valence electrons. The van der Waals surface area contributed by atoms with Gasteiger partial charge in [-0.3, -0.25) is 5.10 Å². The van der Waals surface area contributed by atoms with Gasteiger partial charge in [-0.1, -0.05) is 12.1 Å². The van der Waals surface area contributed by atoms with Gasteiger partial charge in [-0.05, 0) is 24.6 Å². The number of hydrogen-bond acceptors (Lipinski definition) is 4. The van der Waals surface area contributed by atoms with Crippen molar-refractivity contribution in [2.75, 3.05) is 6.26 Å². The lowest BCUT2D eigenvalue weighted by atomic mass is 10.1. The van der Waals surface area contributed by atoms with E-state index in [0.29, 0.717) is 11.4 Å². The molecule has 0 unspecified atom stereocenters. The smallest absolute Gasteiger partial charge is 0.175 e. The maximum Gasteiger partial charge on any atom is 0.175 e. The molecule has 6 heteroatoms. The van der Waals surface area contributed by atoms with Crippen LogP contribution in [0.15, 0.2) is 29.2 Å². The van der Waals surface area contributed by atoms with Crippen LogP contribution in [0.5, 0.6) is 0 Å². The van der Waals surface area contributed by atoms with Crippen molar-refractivity contribution in [3.8, 4) is 11.3 Å². The fraction of sp³-hybridized carbons (Fsp3) is 0.250. The van der Waals surface area contributed by atoms with E-state index in [1.54, 1.807) is 24.3 Å². The molecule has 0 aliphatic rings. The SMILES string of the molecule is Cc1c(-c2ccc(S(C)(=O)=O)cc2)n[nH]c1CN. The summed E-state index contributed by atoms with van der Waals surface area (Å²) >= 11 is 0. The number of aromatic amines is 1. The third kappa shape index (κ3) is 2.30. The molecular weight excluding hydrogens is 250 g/mol. The van der Waals surface area contributed by atoms with Crippen molar-refractivity contribution in [1.82, 2.24) is 10.2 Å². The predicted octanol–water partition coefficient (Wildman–Crippen LogP) is 1.25. The molecule has 3 N–H and O–H groups in total. The van der Waals surface area contributed by atoms with E-state index in [2.05, 4.69) is 10.2 Å². The van der Waals surface area contributed by atoms with Crippen LogP contribution < -0.4 is 5.73 Å². The van der Waals surface area contributed by atoms with E-state index >= 15 is 0 Å². The molecule has 0 fully saturated rings. The fourth-order valence-corrected chi connectivity index (χ4v) is 2.40. The summed E-state index contributed by atoms with van der Waals surface area (Å²) < 4.78 is 22.7. The molecule has 5 nitrogen and oxygen atoms in total. The highest BCUT2D eigenvalue weighted by atomic mass is 32.2. The van der Waals surface area contributed by atoms with Gasteiger partial charge in [0.15, 0.2) is 9.84 Å². The molecule has 0 amide bonds. The Bertz CT molecular complexity index is 657. The molecule has 1 aromatic carbocycles. The summed E-state index contributed by atoms with van der Waals surface area (Å²) in [5.74, 6) is 0. The molecule has 0 aliphatic carbocycles. The molecule has 18 heavy (non-hydrogen) atoms. The largest absolute Gasteiger partial charge is 0.325 e. The molecule has 2 rings (SSSR count). The highest BCUT2D eigenvalue weighted by Crippen LogP contribution is 2.24. The van der Waals surface area contributed by atoms with Crippen LogP contribution in [0.3, 0.4) is 0 Å². The van der Waals surface area contributed by atoms with E-state index in [1.807, 2.05) is 6.92 Å². The first-order valence-corrected chi connectivity index (χ1v) is 7.37. The number of H-pyrrole nitrogens is 1. The molecule has 2 aromatic rings. The second kappa shape index (κ2) is 4.55. The maximum absolute atomic E-state index is 11.4. The number of nitrogens with zero attached hydrogens (tertiary/aromatic N) is 1. The number of benzene rings is 1. The lowest BCUT2D eigenvalue weighted by Gasteiger charge is -2.01. The van der Waals surface area contributed by atoms with Crippen molar-refractivity contribution in [2.45, 2.75) is 18.4 Å². The van der Waals surface area contributed by atoms with Gasteiger partial charge < -0.3 is 5.73 Å². The Hall–Kier alpha value is -1.66. The van der Waals surface area contributed by atoms with Crippen molar-refractivity contribution in [3.63, 3.8) is 0 Å². The Morgan fingerprint density at radius 2 is 1.89 bits per heavy atom. The zero-order chi connectivity index (χ0) is 13.3. The Kier molecular flexibility index (Phi) is 3.23. The van der Waals surface area contributed by atoms with Gasteiger partial charge in [0.2, 0.25) is 0 Å². The minimum atomic E-state index is -3.16. The summed E-state index contributed by atoms with van der Waals surface area (Å²) in [6.07, 6.45) is 1.19. The first-order valence-electron chi connectivity index (χ1n) is 5.48. The zero-order valence-electron chi connectivity index (χ0n) is 10.3. The highest BCUT2D eigenvalue weighted by Gasteiger charge is 2.11. The van der Waals surface area contributed by atoms with Crippen molar-refractivity contribution in [3.05, 3.63) is 35.5 Å². The summed E-state index contributed by atoms with van der Waals surface area (Å²) in [5, 5.41) is 7.07. The van der Waals surface area contributed by atoms with Crippen LogP contribution in [-0.2, 0) is 16.4 Å². The van der Waals surface area contributed by atoms with E-state index in [9.17, 15) is 8.42 Å². The average Bonchev–Trinajstić information content (AvgIpc) is 2.69. The van der Waals surface area contributed by atoms with Gasteiger partial charge in [0.1, 0.15) is 0 Å². The molecule has 0 saturated heterocycles. The Balaban J connectivity index is 2.43. The van der Waals surface area contributed by atoms with Crippen molar-refractivity contribution < 1.29 is 8.42 Å². The van der Waals surface area contributed by atoms with Gasteiger partial charge in [-0.15, -0.1) is 0 Å². The predicted molar refractivity (Wildman–Crippen MR) is 69.8 cm³/mol. The topological polar surface area (TPSA) is 88.8 Å². The van der Waals surface area contributed by atoms with E-state index in [1.165, 1.54) is 6.26 Å². The van der Waals surface area contributed by atoms with Crippen LogP contribution >= 0.6 is 0 Å². The molecule has 0 saturated carbocycles. The Morgan fingerprint density at radius 3 is 2.33 bits per heavy atom. The van der Waals surface area contributed by atoms with Crippen molar-refractivity contribution in [2.24, 2.45) is 5.73 Å². The number of hydrogen-bond donors (Lipinski definition) is 2. The van der Waals surface area contributed by atoms with Crippen LogP contribution in [0.4, 0.5) is 0 Å². The van der Waals surface area contributed by atoms with Crippen molar-refractivity contribution in [1.29, 1.82) is 0 Å². The maximum atomic E-state index is 11.4. The monoisotopic (exact) mass is 265 g/mol. The normalized spacial score (nSPS) is 11.7. The minimum Gasteiger partial charge on any atom is -0.325 e. The Labute approximate surface area is 106 Å². The molecule has 0 atom stereocenters. The lowest BCUT2D eigenvalue weighted by Crippen LogP contribution is -1.98. The molecule has 1 heterocycles. The van der Waals surface area contributed by atoms with Crippen molar-refractivity contribution >= 4 is 9.84 Å². The van der Waals surface area contributed by atoms with E-state index in [-0.39, 0.29) is 0 Å². The second-order valence-electron chi connectivity index (χ2n) is 4.18. The van der Waals surface area contributed by atoms with Crippen LogP contribution in [0, 0.1) is 6.92 Å². The standard InChI is InChI=1S/C12H15N3O2S/c1-8-11(7-13)14-15-12(8)9-3-5-10(6-4-9)18(2,16)17/h3-6H,7,13H2,1-2H3,(H,14,15). The third-order valence-corrected chi connectivity index (χ3v) is 4.00. The third-order valence-electron chi connectivity index (χ3n) is 2.87. The summed E-state index contributed by atoms with van der Waals surface area (Å²) in [6.45, 7) is 2.34. The van der Waals surface area contributed by atoms with Gasteiger partial charge >= 0.3 is 0 Å². The molecule has 0 bridgehead atoms. The molecule has 0 aliphatic heterocycles. The molecular formula is C12H15N3O2S. The minimum absolute atomic E-state index is 0.304. The first kappa shape index (κ1) is 12.8. The number of aromatic nitrogens is 2. The number of nitrogens with one attached hydrogen (secondary N) is 1. The zero-order valence-corrected chi connectivity index (χ0v) is 11.1. The molecule has 0 radical (unpaired) electrons.